The van der Waals surface area contributed by atoms with Crippen LogP contribution >= 0.6 is 15.9 Å². The molecule has 0 aliphatic carbocycles. The molecule has 5 heteroatoms. The lowest BCUT2D eigenvalue weighted by Crippen LogP contribution is -2.09. The molecule has 1 unspecified atom stereocenters. The summed E-state index contributed by atoms with van der Waals surface area (Å²) in [7, 11) is 0. The van der Waals surface area contributed by atoms with Gasteiger partial charge in [-0.05, 0) is 37.6 Å². The molecular weight excluding hydrogens is 364 g/mol. The number of aromatic nitrogens is 2. The zero-order valence-corrected chi connectivity index (χ0v) is 15.2. The molecule has 3 aromatic rings. The van der Waals surface area contributed by atoms with Gasteiger partial charge in [-0.2, -0.15) is 0 Å². The zero-order valence-electron chi connectivity index (χ0n) is 13.6. The predicted molar refractivity (Wildman–Crippen MR) is 103 cm³/mol. The Hall–Kier alpha value is -2.40. The van der Waals surface area contributed by atoms with Gasteiger partial charge < -0.3 is 10.6 Å². The minimum atomic E-state index is 0.166. The summed E-state index contributed by atoms with van der Waals surface area (Å²) in [5.74, 6) is 2.29. The molecular formula is C19H19BrN4. The normalized spacial score (nSPS) is 11.8. The van der Waals surface area contributed by atoms with E-state index >= 15 is 0 Å². The van der Waals surface area contributed by atoms with E-state index in [9.17, 15) is 0 Å². The Labute approximate surface area is 150 Å². The minimum absolute atomic E-state index is 0.166. The summed E-state index contributed by atoms with van der Waals surface area (Å²) in [5, 5.41) is 6.75. The van der Waals surface area contributed by atoms with Gasteiger partial charge in [0.25, 0.3) is 0 Å². The molecule has 0 fully saturated rings. The first-order chi connectivity index (χ1) is 11.6. The molecule has 1 aromatic heterocycles. The highest BCUT2D eigenvalue weighted by molar-refractivity contribution is 9.10. The van der Waals surface area contributed by atoms with Crippen molar-refractivity contribution in [2.24, 2.45) is 0 Å². The molecule has 0 aliphatic rings. The second-order valence-electron chi connectivity index (χ2n) is 5.60. The fourth-order valence-electron chi connectivity index (χ4n) is 2.47. The van der Waals surface area contributed by atoms with Crippen molar-refractivity contribution >= 4 is 33.3 Å². The number of nitrogens with zero attached hydrogens (tertiary/aromatic N) is 2. The van der Waals surface area contributed by atoms with E-state index in [1.165, 1.54) is 5.56 Å². The van der Waals surface area contributed by atoms with Crippen LogP contribution in [0.1, 0.15) is 24.4 Å². The van der Waals surface area contributed by atoms with E-state index in [-0.39, 0.29) is 6.04 Å². The smallest absolute Gasteiger partial charge is 0.136 e. The van der Waals surface area contributed by atoms with Crippen molar-refractivity contribution in [2.75, 3.05) is 10.6 Å². The average molecular weight is 383 g/mol. The summed E-state index contributed by atoms with van der Waals surface area (Å²) < 4.78 is 1.02. The lowest BCUT2D eigenvalue weighted by molar-refractivity contribution is 0.867. The third-order valence-corrected chi connectivity index (χ3v) is 4.09. The first-order valence-corrected chi connectivity index (χ1v) is 8.59. The number of hydrogen-bond donors (Lipinski definition) is 2. The van der Waals surface area contributed by atoms with Crippen LogP contribution in [0.5, 0.6) is 0 Å². The van der Waals surface area contributed by atoms with E-state index in [4.69, 9.17) is 0 Å². The van der Waals surface area contributed by atoms with Gasteiger partial charge in [0, 0.05) is 22.3 Å². The number of nitrogens with one attached hydrogen (secondary N) is 2. The van der Waals surface area contributed by atoms with Gasteiger partial charge in [0.1, 0.15) is 17.5 Å². The molecule has 0 radical (unpaired) electrons. The molecule has 0 bridgehead atoms. The standard InChI is InChI=1S/C19H19BrN4/c1-13(15-7-4-3-5-8-15)21-18-12-19(23-14(2)22-18)24-17-10-6-9-16(20)11-17/h3-13H,1-2H3,(H2,21,22,23,24). The Balaban J connectivity index is 1.79. The summed E-state index contributed by atoms with van der Waals surface area (Å²) in [6, 6.07) is 20.4. The molecule has 0 amide bonds. The third-order valence-electron chi connectivity index (χ3n) is 3.60. The van der Waals surface area contributed by atoms with Gasteiger partial charge in [0.15, 0.2) is 0 Å². The molecule has 0 spiro atoms. The summed E-state index contributed by atoms with van der Waals surface area (Å²) in [5.41, 5.74) is 2.19. The molecule has 1 atom stereocenters. The Morgan fingerprint density at radius 1 is 0.917 bits per heavy atom. The fourth-order valence-corrected chi connectivity index (χ4v) is 2.87. The third kappa shape index (κ3) is 4.32. The highest BCUT2D eigenvalue weighted by atomic mass is 79.9. The van der Waals surface area contributed by atoms with Crippen molar-refractivity contribution in [3.63, 3.8) is 0 Å². The largest absolute Gasteiger partial charge is 0.363 e. The summed E-state index contributed by atoms with van der Waals surface area (Å²) in [6.07, 6.45) is 0. The number of anilines is 3. The Kier molecular flexibility index (Phi) is 5.11. The maximum atomic E-state index is 4.49. The van der Waals surface area contributed by atoms with Crippen LogP contribution in [0.2, 0.25) is 0 Å². The SMILES string of the molecule is Cc1nc(Nc2cccc(Br)c2)cc(NC(C)c2ccccc2)n1. The molecule has 122 valence electrons. The number of hydrogen-bond acceptors (Lipinski definition) is 4. The average Bonchev–Trinajstić information content (AvgIpc) is 2.55. The van der Waals surface area contributed by atoms with Crippen LogP contribution < -0.4 is 10.6 Å². The van der Waals surface area contributed by atoms with Crippen LogP contribution in [0.3, 0.4) is 0 Å². The Bertz CT molecular complexity index is 821. The van der Waals surface area contributed by atoms with Crippen LogP contribution in [0.25, 0.3) is 0 Å². The Morgan fingerprint density at radius 3 is 2.42 bits per heavy atom. The van der Waals surface area contributed by atoms with Crippen LogP contribution in [0.15, 0.2) is 65.1 Å². The maximum Gasteiger partial charge on any atom is 0.136 e. The second-order valence-corrected chi connectivity index (χ2v) is 6.51. The van der Waals surface area contributed by atoms with Gasteiger partial charge in [-0.3, -0.25) is 0 Å². The summed E-state index contributed by atoms with van der Waals surface area (Å²) in [6.45, 7) is 4.01. The first-order valence-electron chi connectivity index (χ1n) is 7.80. The van der Waals surface area contributed by atoms with Crippen molar-refractivity contribution in [2.45, 2.75) is 19.9 Å². The summed E-state index contributed by atoms with van der Waals surface area (Å²) in [4.78, 5) is 8.95. The van der Waals surface area contributed by atoms with Gasteiger partial charge >= 0.3 is 0 Å². The maximum absolute atomic E-state index is 4.49. The quantitative estimate of drug-likeness (QED) is 0.614. The minimum Gasteiger partial charge on any atom is -0.363 e. The molecule has 0 saturated carbocycles. The highest BCUT2D eigenvalue weighted by Crippen LogP contribution is 2.23. The molecule has 2 N–H and O–H groups in total. The van der Waals surface area contributed by atoms with Crippen molar-refractivity contribution in [3.8, 4) is 0 Å². The molecule has 1 heterocycles. The predicted octanol–water partition coefficient (Wildman–Crippen LogP) is 5.46. The fraction of sp³-hybridized carbons (Fsp3) is 0.158. The summed E-state index contributed by atoms with van der Waals surface area (Å²) >= 11 is 3.48. The Morgan fingerprint density at radius 2 is 1.67 bits per heavy atom. The molecule has 0 aliphatic heterocycles. The van der Waals surface area contributed by atoms with Crippen LogP contribution in [-0.4, -0.2) is 9.97 Å². The molecule has 0 saturated heterocycles. The number of benzene rings is 2. The number of aryl methyl sites for hydroxylation is 1. The van der Waals surface area contributed by atoms with Gasteiger partial charge in [0.05, 0.1) is 0 Å². The molecule has 4 nitrogen and oxygen atoms in total. The van der Waals surface area contributed by atoms with Gasteiger partial charge in [-0.1, -0.05) is 52.3 Å². The van der Waals surface area contributed by atoms with E-state index in [1.807, 2.05) is 55.5 Å². The zero-order chi connectivity index (χ0) is 16.9. The van der Waals surface area contributed by atoms with Crippen LogP contribution in [0.4, 0.5) is 17.3 Å². The van der Waals surface area contributed by atoms with Crippen molar-refractivity contribution in [1.29, 1.82) is 0 Å². The topological polar surface area (TPSA) is 49.8 Å². The van der Waals surface area contributed by atoms with E-state index in [0.717, 1.165) is 27.6 Å². The molecule has 24 heavy (non-hydrogen) atoms. The number of halogens is 1. The van der Waals surface area contributed by atoms with Crippen molar-refractivity contribution < 1.29 is 0 Å². The van der Waals surface area contributed by atoms with Crippen LogP contribution in [0, 0.1) is 6.92 Å². The number of rotatable bonds is 5. The monoisotopic (exact) mass is 382 g/mol. The van der Waals surface area contributed by atoms with Gasteiger partial charge in [0.2, 0.25) is 0 Å². The van der Waals surface area contributed by atoms with E-state index < -0.39 is 0 Å². The van der Waals surface area contributed by atoms with E-state index in [0.29, 0.717) is 0 Å². The second kappa shape index (κ2) is 7.45. The van der Waals surface area contributed by atoms with Crippen molar-refractivity contribution in [1.82, 2.24) is 9.97 Å². The van der Waals surface area contributed by atoms with Gasteiger partial charge in [-0.15, -0.1) is 0 Å². The molecule has 2 aromatic carbocycles. The van der Waals surface area contributed by atoms with E-state index in [2.05, 4.69) is 55.6 Å². The lowest BCUT2D eigenvalue weighted by Gasteiger charge is -2.16. The van der Waals surface area contributed by atoms with E-state index in [1.54, 1.807) is 0 Å². The first kappa shape index (κ1) is 16.5. The van der Waals surface area contributed by atoms with Crippen molar-refractivity contribution in [3.05, 3.63) is 76.5 Å². The molecule has 3 rings (SSSR count). The van der Waals surface area contributed by atoms with Gasteiger partial charge in [-0.25, -0.2) is 9.97 Å². The lowest BCUT2D eigenvalue weighted by atomic mass is 10.1. The highest BCUT2D eigenvalue weighted by Gasteiger charge is 2.08. The van der Waals surface area contributed by atoms with Crippen LogP contribution in [-0.2, 0) is 0 Å².